The van der Waals surface area contributed by atoms with Crippen LogP contribution in [0.2, 0.25) is 0 Å². The van der Waals surface area contributed by atoms with Crippen LogP contribution in [0.15, 0.2) is 79.1 Å². The summed E-state index contributed by atoms with van der Waals surface area (Å²) in [5.74, 6) is 1.31. The molecular weight excluding hydrogens is 544 g/mol. The zero-order valence-corrected chi connectivity index (χ0v) is 24.8. The molecule has 0 saturated carbocycles. The lowest BCUT2D eigenvalue weighted by Gasteiger charge is -2.14. The molecule has 2 heterocycles. The second-order valence-corrected chi connectivity index (χ2v) is 11.2. The average Bonchev–Trinajstić information content (AvgIpc) is 3.39. The number of fused-ring (bicyclic) bond motifs is 1. The third-order valence-corrected chi connectivity index (χ3v) is 6.73. The van der Waals surface area contributed by atoms with Gasteiger partial charge < -0.3 is 14.8 Å². The van der Waals surface area contributed by atoms with Gasteiger partial charge in [-0.1, -0.05) is 62.7 Å². The van der Waals surface area contributed by atoms with Crippen LogP contribution < -0.4 is 15.4 Å². The van der Waals surface area contributed by atoms with E-state index in [2.05, 4.69) is 41.4 Å². The number of carbonyl (C=O) groups excluding carboxylic acids is 2. The number of methoxy groups -OCH3 is 1. The van der Waals surface area contributed by atoms with Gasteiger partial charge in [-0.05, 0) is 31.2 Å². The van der Waals surface area contributed by atoms with Crippen molar-refractivity contribution in [3.8, 4) is 17.3 Å². The minimum atomic E-state index is -0.409. The maximum atomic E-state index is 13.3. The van der Waals surface area contributed by atoms with E-state index < -0.39 is 6.03 Å². The normalized spacial score (nSPS) is 11.4. The Morgan fingerprint density at radius 3 is 2.37 bits per heavy atom. The molecule has 0 radical (unpaired) electrons. The molecule has 10 nitrogen and oxygen atoms in total. The Morgan fingerprint density at radius 2 is 1.65 bits per heavy atom. The third kappa shape index (κ3) is 7.04. The van der Waals surface area contributed by atoms with Crippen LogP contribution in [-0.2, 0) is 21.4 Å². The number of benzene rings is 3. The fourth-order valence-corrected chi connectivity index (χ4v) is 4.51. The zero-order chi connectivity index (χ0) is 30.6. The smallest absolute Gasteiger partial charge is 0.324 e. The average molecular weight is 579 g/mol. The Morgan fingerprint density at radius 1 is 0.907 bits per heavy atom. The van der Waals surface area contributed by atoms with Gasteiger partial charge in [0.25, 0.3) is 0 Å². The SMILES string of the molecule is COCC(=O)Cc1cc(Oc2ccc(NC(=O)Nc3cc(C(C)(C)C)nn3-c3ccc(C)cc3)c3ccccc23)ncn1. The molecule has 43 heavy (non-hydrogen) atoms. The van der Waals surface area contributed by atoms with E-state index in [9.17, 15) is 9.59 Å². The van der Waals surface area contributed by atoms with Crippen LogP contribution in [-0.4, -0.2) is 45.3 Å². The summed E-state index contributed by atoms with van der Waals surface area (Å²) in [6.07, 6.45) is 1.48. The first kappa shape index (κ1) is 29.4. The largest absolute Gasteiger partial charge is 0.438 e. The Hall–Kier alpha value is -5.09. The maximum absolute atomic E-state index is 13.3. The van der Waals surface area contributed by atoms with Crippen molar-refractivity contribution < 1.29 is 19.1 Å². The molecule has 0 aliphatic rings. The monoisotopic (exact) mass is 578 g/mol. The number of ether oxygens (including phenoxy) is 2. The number of nitrogens with one attached hydrogen (secondary N) is 2. The second kappa shape index (κ2) is 12.4. The van der Waals surface area contributed by atoms with Crippen LogP contribution in [0.25, 0.3) is 16.5 Å². The molecule has 2 aromatic heterocycles. The second-order valence-electron chi connectivity index (χ2n) is 11.2. The molecule has 5 rings (SSSR count). The minimum Gasteiger partial charge on any atom is -0.438 e. The van der Waals surface area contributed by atoms with Crippen LogP contribution in [0.1, 0.15) is 37.7 Å². The van der Waals surface area contributed by atoms with E-state index in [0.717, 1.165) is 27.7 Å². The number of carbonyl (C=O) groups is 2. The summed E-state index contributed by atoms with van der Waals surface area (Å²) in [6, 6.07) is 22.2. The molecule has 5 aromatic rings. The molecule has 0 aliphatic carbocycles. The first-order valence-electron chi connectivity index (χ1n) is 13.9. The van der Waals surface area contributed by atoms with Crippen LogP contribution in [0, 0.1) is 6.92 Å². The summed E-state index contributed by atoms with van der Waals surface area (Å²) in [4.78, 5) is 33.7. The highest BCUT2D eigenvalue weighted by Crippen LogP contribution is 2.34. The lowest BCUT2D eigenvalue weighted by atomic mass is 9.92. The number of hydrogen-bond donors (Lipinski definition) is 2. The Kier molecular flexibility index (Phi) is 8.49. The van der Waals surface area contributed by atoms with E-state index >= 15 is 0 Å². The number of anilines is 2. The number of rotatable bonds is 9. The third-order valence-electron chi connectivity index (χ3n) is 6.73. The van der Waals surface area contributed by atoms with Crippen molar-refractivity contribution in [1.29, 1.82) is 0 Å². The molecule has 0 bridgehead atoms. The number of ketones is 1. The van der Waals surface area contributed by atoms with Gasteiger partial charge in [0, 0.05) is 35.4 Å². The quantitative estimate of drug-likeness (QED) is 0.202. The topological polar surface area (TPSA) is 120 Å². The first-order valence-corrected chi connectivity index (χ1v) is 13.9. The number of aryl methyl sites for hydroxylation is 1. The summed E-state index contributed by atoms with van der Waals surface area (Å²) in [5.41, 5.74) is 3.76. The van der Waals surface area contributed by atoms with Gasteiger partial charge in [-0.2, -0.15) is 5.10 Å². The van der Waals surface area contributed by atoms with Crippen LogP contribution in [0.5, 0.6) is 11.6 Å². The molecule has 3 aromatic carbocycles. The van der Waals surface area contributed by atoms with Gasteiger partial charge in [0.15, 0.2) is 5.78 Å². The lowest BCUT2D eigenvalue weighted by Crippen LogP contribution is -2.21. The highest BCUT2D eigenvalue weighted by Gasteiger charge is 2.22. The number of Topliss-reactive ketones (excluding diaryl/α,β-unsaturated/α-hetero) is 1. The summed E-state index contributed by atoms with van der Waals surface area (Å²) >= 11 is 0. The highest BCUT2D eigenvalue weighted by molar-refractivity contribution is 6.07. The van der Waals surface area contributed by atoms with Gasteiger partial charge in [0.05, 0.1) is 29.2 Å². The Labute approximate surface area is 250 Å². The van der Waals surface area contributed by atoms with Crippen molar-refractivity contribution in [2.75, 3.05) is 24.4 Å². The molecule has 0 saturated heterocycles. The van der Waals surface area contributed by atoms with Crippen molar-refractivity contribution >= 4 is 34.1 Å². The predicted molar refractivity (Wildman–Crippen MR) is 166 cm³/mol. The highest BCUT2D eigenvalue weighted by atomic mass is 16.5. The Bertz CT molecular complexity index is 1770. The maximum Gasteiger partial charge on any atom is 0.324 e. The summed E-state index contributed by atoms with van der Waals surface area (Å²) < 4.78 is 12.8. The van der Waals surface area contributed by atoms with E-state index in [0.29, 0.717) is 28.8 Å². The lowest BCUT2D eigenvalue weighted by molar-refractivity contribution is -0.122. The summed E-state index contributed by atoms with van der Waals surface area (Å²) in [5, 5.41) is 12.3. The van der Waals surface area contributed by atoms with Gasteiger partial charge >= 0.3 is 6.03 Å². The molecule has 2 N–H and O–H groups in total. The Balaban J connectivity index is 1.38. The van der Waals surface area contributed by atoms with Crippen LogP contribution in [0.3, 0.4) is 0 Å². The zero-order valence-electron chi connectivity index (χ0n) is 24.8. The van der Waals surface area contributed by atoms with E-state index in [1.54, 1.807) is 22.9 Å². The van der Waals surface area contributed by atoms with Crippen LogP contribution >= 0.6 is 0 Å². The number of hydrogen-bond acceptors (Lipinski definition) is 7. The summed E-state index contributed by atoms with van der Waals surface area (Å²) in [6.45, 7) is 8.28. The first-order chi connectivity index (χ1) is 20.6. The van der Waals surface area contributed by atoms with Crippen molar-refractivity contribution in [3.63, 3.8) is 0 Å². The minimum absolute atomic E-state index is 0.0128. The molecular formula is C33H34N6O4. The van der Waals surface area contributed by atoms with Crippen molar-refractivity contribution in [2.45, 2.75) is 39.5 Å². The van der Waals surface area contributed by atoms with E-state index in [-0.39, 0.29) is 24.2 Å². The summed E-state index contributed by atoms with van der Waals surface area (Å²) in [7, 11) is 1.48. The molecule has 0 unspecified atom stereocenters. The molecule has 10 heteroatoms. The number of urea groups is 1. The number of nitrogens with zero attached hydrogens (tertiary/aromatic N) is 4. The molecule has 0 fully saturated rings. The van der Waals surface area contributed by atoms with E-state index in [1.165, 1.54) is 13.4 Å². The molecule has 2 amide bonds. The van der Waals surface area contributed by atoms with Crippen molar-refractivity contribution in [1.82, 2.24) is 19.7 Å². The van der Waals surface area contributed by atoms with Gasteiger partial charge in [-0.15, -0.1) is 0 Å². The molecule has 0 atom stereocenters. The predicted octanol–water partition coefficient (Wildman–Crippen LogP) is 6.62. The van der Waals surface area contributed by atoms with Gasteiger partial charge in [-0.25, -0.2) is 19.4 Å². The fraction of sp³-hybridized carbons (Fsp3) is 0.242. The number of aromatic nitrogens is 4. The van der Waals surface area contributed by atoms with Gasteiger partial charge in [0.1, 0.15) is 24.5 Å². The molecule has 0 spiro atoms. The standard InChI is InChI=1S/C33H34N6O4/c1-21-10-12-23(13-11-21)39-30(18-29(38-39)33(2,3)4)37-32(41)36-27-14-15-28(26-9-7-6-8-25(26)27)43-31-17-22(34-20-35-31)16-24(40)19-42-5/h6-15,17-18,20H,16,19H2,1-5H3,(H2,36,37,41). The van der Waals surface area contributed by atoms with Crippen molar-refractivity contribution in [3.05, 3.63) is 96.1 Å². The fourth-order valence-electron chi connectivity index (χ4n) is 4.51. The van der Waals surface area contributed by atoms with E-state index in [1.807, 2.05) is 61.5 Å². The molecule has 220 valence electrons. The van der Waals surface area contributed by atoms with Crippen molar-refractivity contribution in [2.24, 2.45) is 0 Å². The van der Waals surface area contributed by atoms with E-state index in [4.69, 9.17) is 14.6 Å². The van der Waals surface area contributed by atoms with Gasteiger partial charge in [0.2, 0.25) is 5.88 Å². The number of amides is 2. The van der Waals surface area contributed by atoms with Crippen LogP contribution in [0.4, 0.5) is 16.3 Å². The van der Waals surface area contributed by atoms with Gasteiger partial charge in [-0.3, -0.25) is 10.1 Å². The molecule has 0 aliphatic heterocycles.